The van der Waals surface area contributed by atoms with Gasteiger partial charge in [-0.2, -0.15) is 0 Å². The van der Waals surface area contributed by atoms with E-state index in [1.54, 1.807) is 0 Å². The van der Waals surface area contributed by atoms with E-state index >= 15 is 0 Å². The average molecular weight is 296 g/mol. The molecule has 0 unspecified atom stereocenters. The van der Waals surface area contributed by atoms with Crippen molar-refractivity contribution in [3.63, 3.8) is 0 Å². The Bertz CT molecular complexity index is 306. The molecule has 0 aromatic rings. The number of nitrogens with one attached hydrogen (secondary N) is 1. The zero-order chi connectivity index (χ0) is 15.0. The van der Waals surface area contributed by atoms with Crippen LogP contribution in [0.1, 0.15) is 70.6 Å². The van der Waals surface area contributed by atoms with Gasteiger partial charge in [-0.1, -0.05) is 44.9 Å². The van der Waals surface area contributed by atoms with Gasteiger partial charge in [0, 0.05) is 13.1 Å². The lowest BCUT2D eigenvalue weighted by Gasteiger charge is -2.30. The maximum Gasteiger partial charge on any atom is 0.227 e. The number of ether oxygens (including phenoxy) is 1. The molecule has 0 bridgehead atoms. The summed E-state index contributed by atoms with van der Waals surface area (Å²) in [6.45, 7) is 1.73. The second kappa shape index (κ2) is 8.74. The Balaban J connectivity index is 1.69. The fraction of sp³-hybridized carbons (Fsp3) is 0.941. The summed E-state index contributed by atoms with van der Waals surface area (Å²) < 4.78 is 5.87. The van der Waals surface area contributed by atoms with Crippen molar-refractivity contribution in [1.29, 1.82) is 0 Å². The third kappa shape index (κ3) is 4.96. The lowest BCUT2D eigenvalue weighted by Crippen LogP contribution is -2.46. The highest BCUT2D eigenvalue weighted by molar-refractivity contribution is 5.82. The van der Waals surface area contributed by atoms with Gasteiger partial charge in [0.05, 0.1) is 18.1 Å². The summed E-state index contributed by atoms with van der Waals surface area (Å²) in [5.74, 6) is 0.152. The van der Waals surface area contributed by atoms with E-state index in [0.717, 1.165) is 25.7 Å². The van der Waals surface area contributed by atoms with Crippen LogP contribution in [0.5, 0.6) is 0 Å². The first-order valence-electron chi connectivity index (χ1n) is 8.87. The minimum Gasteiger partial charge on any atom is -0.376 e. The van der Waals surface area contributed by atoms with Crippen LogP contribution in [0.15, 0.2) is 0 Å². The van der Waals surface area contributed by atoms with Gasteiger partial charge in [0.25, 0.3) is 0 Å². The number of nitrogens with two attached hydrogens (primary N) is 1. The highest BCUT2D eigenvalue weighted by Gasteiger charge is 2.36. The second-order valence-electron chi connectivity index (χ2n) is 6.79. The Hall–Kier alpha value is -0.610. The van der Waals surface area contributed by atoms with Crippen molar-refractivity contribution in [3.8, 4) is 0 Å². The predicted molar refractivity (Wildman–Crippen MR) is 85.0 cm³/mol. The number of carbonyl (C=O) groups is 1. The molecule has 4 heteroatoms. The van der Waals surface area contributed by atoms with Gasteiger partial charge < -0.3 is 15.8 Å². The maximum absolute atomic E-state index is 12.5. The zero-order valence-electron chi connectivity index (χ0n) is 13.4. The van der Waals surface area contributed by atoms with Gasteiger partial charge in [0.2, 0.25) is 5.91 Å². The molecule has 0 aliphatic heterocycles. The Kier molecular flexibility index (Phi) is 6.97. The highest BCUT2D eigenvalue weighted by Crippen LogP contribution is 2.34. The molecule has 2 rings (SSSR count). The SMILES string of the molecule is NCC1(C(=O)NCCOC2CCCCC2)CCCCCC1. The quantitative estimate of drug-likeness (QED) is 0.585. The third-order valence-corrected chi connectivity index (χ3v) is 5.23. The lowest BCUT2D eigenvalue weighted by atomic mass is 9.79. The van der Waals surface area contributed by atoms with Crippen LogP contribution < -0.4 is 11.1 Å². The molecule has 2 saturated carbocycles. The Morgan fingerprint density at radius 2 is 1.67 bits per heavy atom. The van der Waals surface area contributed by atoms with Crippen molar-refractivity contribution in [3.05, 3.63) is 0 Å². The minimum absolute atomic E-state index is 0.152. The Labute approximate surface area is 129 Å². The number of rotatable bonds is 6. The number of hydrogen-bond acceptors (Lipinski definition) is 3. The van der Waals surface area contributed by atoms with Crippen LogP contribution in [0.25, 0.3) is 0 Å². The molecule has 4 nitrogen and oxygen atoms in total. The van der Waals surface area contributed by atoms with E-state index < -0.39 is 0 Å². The average Bonchev–Trinajstić information content (AvgIpc) is 2.79. The number of hydrogen-bond donors (Lipinski definition) is 2. The van der Waals surface area contributed by atoms with Crippen LogP contribution in [0.3, 0.4) is 0 Å². The van der Waals surface area contributed by atoms with E-state index in [0.29, 0.717) is 25.8 Å². The van der Waals surface area contributed by atoms with E-state index in [4.69, 9.17) is 10.5 Å². The molecule has 0 aromatic heterocycles. The van der Waals surface area contributed by atoms with Crippen molar-refractivity contribution >= 4 is 5.91 Å². The molecule has 0 aromatic carbocycles. The van der Waals surface area contributed by atoms with Gasteiger partial charge in [-0.3, -0.25) is 4.79 Å². The summed E-state index contributed by atoms with van der Waals surface area (Å²) in [5, 5.41) is 3.07. The molecule has 21 heavy (non-hydrogen) atoms. The van der Waals surface area contributed by atoms with Crippen LogP contribution in [0.2, 0.25) is 0 Å². The van der Waals surface area contributed by atoms with E-state index in [-0.39, 0.29) is 11.3 Å². The smallest absolute Gasteiger partial charge is 0.227 e. The zero-order valence-corrected chi connectivity index (χ0v) is 13.4. The molecule has 3 N–H and O–H groups in total. The summed E-state index contributed by atoms with van der Waals surface area (Å²) in [4.78, 5) is 12.5. The standard InChI is InChI=1S/C17H32N2O2/c18-14-17(10-6-1-2-7-11-17)16(20)19-12-13-21-15-8-4-3-5-9-15/h15H,1-14,18H2,(H,19,20). The largest absolute Gasteiger partial charge is 0.376 e. The van der Waals surface area contributed by atoms with Crippen molar-refractivity contribution in [1.82, 2.24) is 5.32 Å². The number of carbonyl (C=O) groups excluding carboxylic acids is 1. The monoisotopic (exact) mass is 296 g/mol. The first-order chi connectivity index (χ1) is 10.3. The topological polar surface area (TPSA) is 64.4 Å². The predicted octanol–water partition coefficient (Wildman–Crippen LogP) is 2.75. The Morgan fingerprint density at radius 1 is 1.05 bits per heavy atom. The van der Waals surface area contributed by atoms with Crippen LogP contribution in [0, 0.1) is 5.41 Å². The molecule has 2 fully saturated rings. The van der Waals surface area contributed by atoms with Crippen LogP contribution >= 0.6 is 0 Å². The van der Waals surface area contributed by atoms with Gasteiger partial charge in [-0.05, 0) is 25.7 Å². The molecule has 2 aliphatic carbocycles. The van der Waals surface area contributed by atoms with Gasteiger partial charge >= 0.3 is 0 Å². The summed E-state index contributed by atoms with van der Waals surface area (Å²) in [5.41, 5.74) is 5.62. The summed E-state index contributed by atoms with van der Waals surface area (Å²) in [6.07, 6.45) is 13.3. The molecule has 0 saturated heterocycles. The van der Waals surface area contributed by atoms with Crippen LogP contribution in [-0.4, -0.2) is 31.7 Å². The summed E-state index contributed by atoms with van der Waals surface area (Å²) in [7, 11) is 0. The molecule has 122 valence electrons. The molecule has 1 amide bonds. The molecular weight excluding hydrogens is 264 g/mol. The molecule has 0 heterocycles. The summed E-state index contributed by atoms with van der Waals surface area (Å²) >= 11 is 0. The van der Waals surface area contributed by atoms with Crippen molar-refractivity contribution < 1.29 is 9.53 Å². The van der Waals surface area contributed by atoms with Gasteiger partial charge in [-0.25, -0.2) is 0 Å². The first kappa shape index (κ1) is 16.8. The van der Waals surface area contributed by atoms with Gasteiger partial charge in [-0.15, -0.1) is 0 Å². The maximum atomic E-state index is 12.5. The van der Waals surface area contributed by atoms with E-state index in [9.17, 15) is 4.79 Å². The molecule has 0 atom stereocenters. The third-order valence-electron chi connectivity index (χ3n) is 5.23. The van der Waals surface area contributed by atoms with E-state index in [2.05, 4.69) is 5.32 Å². The van der Waals surface area contributed by atoms with Gasteiger partial charge in [0.15, 0.2) is 0 Å². The first-order valence-corrected chi connectivity index (χ1v) is 8.87. The Morgan fingerprint density at radius 3 is 2.29 bits per heavy atom. The van der Waals surface area contributed by atoms with Crippen LogP contribution in [-0.2, 0) is 9.53 Å². The lowest BCUT2D eigenvalue weighted by molar-refractivity contribution is -0.131. The van der Waals surface area contributed by atoms with Gasteiger partial charge in [0.1, 0.15) is 0 Å². The fourth-order valence-corrected chi connectivity index (χ4v) is 3.74. The van der Waals surface area contributed by atoms with E-state index in [1.165, 1.54) is 44.9 Å². The van der Waals surface area contributed by atoms with E-state index in [1.807, 2.05) is 0 Å². The molecular formula is C17H32N2O2. The van der Waals surface area contributed by atoms with Crippen LogP contribution in [0.4, 0.5) is 0 Å². The fourth-order valence-electron chi connectivity index (χ4n) is 3.74. The van der Waals surface area contributed by atoms with Crippen molar-refractivity contribution in [2.24, 2.45) is 11.1 Å². The molecule has 0 radical (unpaired) electrons. The highest BCUT2D eigenvalue weighted by atomic mass is 16.5. The molecule has 2 aliphatic rings. The molecule has 0 spiro atoms. The minimum atomic E-state index is -0.318. The normalized spacial score (nSPS) is 23.5. The van der Waals surface area contributed by atoms with Crippen molar-refractivity contribution in [2.45, 2.75) is 76.7 Å². The summed E-state index contributed by atoms with van der Waals surface area (Å²) in [6, 6.07) is 0. The second-order valence-corrected chi connectivity index (χ2v) is 6.79. The van der Waals surface area contributed by atoms with Crippen molar-refractivity contribution in [2.75, 3.05) is 19.7 Å². The number of amides is 1.